The number of hydrogen-bond acceptors (Lipinski definition) is 2. The Labute approximate surface area is 83.2 Å². The summed E-state index contributed by atoms with van der Waals surface area (Å²) >= 11 is 4.96. The highest BCUT2D eigenvalue weighted by Gasteiger charge is 2.09. The SMILES string of the molecule is CC(=O)C(=S)N(C)c1ccccc1. The van der Waals surface area contributed by atoms with Crippen LogP contribution in [0.5, 0.6) is 0 Å². The van der Waals surface area contributed by atoms with Gasteiger partial charge in [-0.3, -0.25) is 4.79 Å². The number of thiocarbonyl (C=S) groups is 1. The first-order valence-electron chi connectivity index (χ1n) is 3.96. The molecule has 0 unspecified atom stereocenters. The lowest BCUT2D eigenvalue weighted by molar-refractivity contribution is -0.110. The first kappa shape index (κ1) is 9.86. The number of carbonyl (C=O) groups is 1. The van der Waals surface area contributed by atoms with E-state index in [-0.39, 0.29) is 5.78 Å². The van der Waals surface area contributed by atoms with Crippen molar-refractivity contribution in [3.05, 3.63) is 30.3 Å². The van der Waals surface area contributed by atoms with Crippen molar-refractivity contribution in [2.75, 3.05) is 11.9 Å². The number of nitrogens with zero attached hydrogens (tertiary/aromatic N) is 1. The number of rotatable bonds is 2. The topological polar surface area (TPSA) is 20.3 Å². The van der Waals surface area contributed by atoms with E-state index in [0.29, 0.717) is 4.99 Å². The van der Waals surface area contributed by atoms with Gasteiger partial charge in [0.25, 0.3) is 0 Å². The maximum atomic E-state index is 11.0. The molecule has 1 aromatic rings. The van der Waals surface area contributed by atoms with Gasteiger partial charge in [0, 0.05) is 19.7 Å². The molecule has 0 spiro atoms. The van der Waals surface area contributed by atoms with E-state index in [1.807, 2.05) is 30.3 Å². The van der Waals surface area contributed by atoms with Crippen LogP contribution in [0.3, 0.4) is 0 Å². The van der Waals surface area contributed by atoms with Crippen LogP contribution in [-0.2, 0) is 4.79 Å². The van der Waals surface area contributed by atoms with Gasteiger partial charge in [-0.1, -0.05) is 30.4 Å². The van der Waals surface area contributed by atoms with Crippen LogP contribution in [0, 0.1) is 0 Å². The third kappa shape index (κ3) is 2.36. The van der Waals surface area contributed by atoms with Crippen LogP contribution in [-0.4, -0.2) is 17.8 Å². The molecule has 0 aliphatic heterocycles. The molecular formula is C10H11NOS. The number of ketones is 1. The highest BCUT2D eigenvalue weighted by atomic mass is 32.1. The van der Waals surface area contributed by atoms with Crippen LogP contribution in [0.2, 0.25) is 0 Å². The molecule has 0 aliphatic carbocycles. The van der Waals surface area contributed by atoms with E-state index in [4.69, 9.17) is 12.2 Å². The van der Waals surface area contributed by atoms with Crippen molar-refractivity contribution < 1.29 is 4.79 Å². The van der Waals surface area contributed by atoms with E-state index in [2.05, 4.69) is 0 Å². The van der Waals surface area contributed by atoms with Gasteiger partial charge in [-0.15, -0.1) is 0 Å². The molecule has 0 bridgehead atoms. The maximum Gasteiger partial charge on any atom is 0.187 e. The van der Waals surface area contributed by atoms with Crippen molar-refractivity contribution in [2.24, 2.45) is 0 Å². The molecule has 3 heteroatoms. The minimum Gasteiger partial charge on any atom is -0.333 e. The highest BCUT2D eigenvalue weighted by Crippen LogP contribution is 2.11. The summed E-state index contributed by atoms with van der Waals surface area (Å²) in [5, 5.41) is 0. The minimum absolute atomic E-state index is 0.0821. The predicted octanol–water partition coefficient (Wildman–Crippen LogP) is 2.04. The van der Waals surface area contributed by atoms with E-state index in [1.165, 1.54) is 6.92 Å². The summed E-state index contributed by atoms with van der Waals surface area (Å²) in [6, 6.07) is 9.57. The van der Waals surface area contributed by atoms with Crippen LogP contribution >= 0.6 is 12.2 Å². The average molecular weight is 193 g/mol. The van der Waals surface area contributed by atoms with Gasteiger partial charge in [-0.2, -0.15) is 0 Å². The highest BCUT2D eigenvalue weighted by molar-refractivity contribution is 7.82. The van der Waals surface area contributed by atoms with Crippen molar-refractivity contribution in [1.82, 2.24) is 0 Å². The summed E-state index contributed by atoms with van der Waals surface area (Å²) in [7, 11) is 1.79. The molecule has 0 radical (unpaired) electrons. The predicted molar refractivity (Wildman–Crippen MR) is 58.1 cm³/mol. The summed E-state index contributed by atoms with van der Waals surface area (Å²) < 4.78 is 0. The Hall–Kier alpha value is -1.22. The van der Waals surface area contributed by atoms with Crippen LogP contribution in [0.25, 0.3) is 0 Å². The number of benzene rings is 1. The first-order chi connectivity index (χ1) is 6.13. The fraction of sp³-hybridized carbons (Fsp3) is 0.200. The van der Waals surface area contributed by atoms with E-state index in [0.717, 1.165) is 5.69 Å². The fourth-order valence-electron chi connectivity index (χ4n) is 1.01. The maximum absolute atomic E-state index is 11.0. The van der Waals surface area contributed by atoms with Crippen LogP contribution in [0.1, 0.15) is 6.92 Å². The van der Waals surface area contributed by atoms with E-state index < -0.39 is 0 Å². The van der Waals surface area contributed by atoms with Crippen LogP contribution in [0.15, 0.2) is 30.3 Å². The number of hydrogen-bond donors (Lipinski definition) is 0. The van der Waals surface area contributed by atoms with E-state index in [9.17, 15) is 4.79 Å². The third-order valence-electron chi connectivity index (χ3n) is 1.75. The third-order valence-corrected chi connectivity index (χ3v) is 2.31. The molecule has 0 atom stereocenters. The molecule has 0 saturated carbocycles. The van der Waals surface area contributed by atoms with Crippen LogP contribution < -0.4 is 4.90 Å². The lowest BCUT2D eigenvalue weighted by Gasteiger charge is -2.17. The monoisotopic (exact) mass is 193 g/mol. The molecule has 0 saturated heterocycles. The van der Waals surface area contributed by atoms with Gasteiger partial charge < -0.3 is 4.90 Å². The molecule has 0 aromatic heterocycles. The zero-order valence-electron chi connectivity index (χ0n) is 7.65. The van der Waals surface area contributed by atoms with Gasteiger partial charge in [0.15, 0.2) is 5.78 Å². The zero-order chi connectivity index (χ0) is 9.84. The molecule has 0 N–H and O–H groups in total. The van der Waals surface area contributed by atoms with Gasteiger partial charge in [-0.05, 0) is 12.1 Å². The molecule has 1 aromatic carbocycles. The molecule has 1 rings (SSSR count). The molecular weight excluding hydrogens is 182 g/mol. The smallest absolute Gasteiger partial charge is 0.187 e. The summed E-state index contributed by atoms with van der Waals surface area (Å²) in [6.07, 6.45) is 0. The van der Waals surface area contributed by atoms with Crippen molar-refractivity contribution in [3.8, 4) is 0 Å². The summed E-state index contributed by atoms with van der Waals surface area (Å²) in [5.41, 5.74) is 0.933. The molecule has 0 amide bonds. The Morgan fingerprint density at radius 3 is 2.31 bits per heavy atom. The standard InChI is InChI=1S/C10H11NOS/c1-8(12)10(13)11(2)9-6-4-3-5-7-9/h3-7H,1-2H3. The summed E-state index contributed by atoms with van der Waals surface area (Å²) in [6.45, 7) is 1.47. The number of anilines is 1. The molecule has 0 heterocycles. The second-order valence-corrected chi connectivity index (χ2v) is 3.14. The van der Waals surface area contributed by atoms with Crippen molar-refractivity contribution in [3.63, 3.8) is 0 Å². The molecule has 13 heavy (non-hydrogen) atoms. The number of Topliss-reactive ketones (excluding diaryl/α,β-unsaturated/α-hetero) is 1. The van der Waals surface area contributed by atoms with Gasteiger partial charge in [0.1, 0.15) is 4.99 Å². The quantitative estimate of drug-likeness (QED) is 0.670. The van der Waals surface area contributed by atoms with Gasteiger partial charge >= 0.3 is 0 Å². The van der Waals surface area contributed by atoms with Crippen molar-refractivity contribution in [1.29, 1.82) is 0 Å². The molecule has 0 fully saturated rings. The normalized spacial score (nSPS) is 9.38. The molecule has 2 nitrogen and oxygen atoms in total. The number of carbonyl (C=O) groups excluding carboxylic acids is 1. The zero-order valence-corrected chi connectivity index (χ0v) is 8.47. The largest absolute Gasteiger partial charge is 0.333 e. The minimum atomic E-state index is -0.0821. The van der Waals surface area contributed by atoms with E-state index in [1.54, 1.807) is 11.9 Å². The average Bonchev–Trinajstić information content (AvgIpc) is 2.17. The Morgan fingerprint density at radius 1 is 1.31 bits per heavy atom. The Kier molecular flexibility index (Phi) is 3.14. The lowest BCUT2D eigenvalue weighted by Crippen LogP contribution is -2.29. The van der Waals surface area contributed by atoms with Crippen molar-refractivity contribution in [2.45, 2.75) is 6.92 Å². The Morgan fingerprint density at radius 2 is 1.85 bits per heavy atom. The number of para-hydroxylation sites is 1. The van der Waals surface area contributed by atoms with Crippen LogP contribution in [0.4, 0.5) is 5.69 Å². The molecule has 68 valence electrons. The number of likely N-dealkylation sites (N-methyl/N-ethyl adjacent to an activating group) is 1. The fourth-order valence-corrected chi connectivity index (χ4v) is 1.11. The second kappa shape index (κ2) is 4.14. The molecule has 0 aliphatic rings. The van der Waals surface area contributed by atoms with Gasteiger partial charge in [-0.25, -0.2) is 0 Å². The van der Waals surface area contributed by atoms with Crippen molar-refractivity contribution >= 4 is 28.7 Å². The lowest BCUT2D eigenvalue weighted by atomic mass is 10.3. The van der Waals surface area contributed by atoms with Gasteiger partial charge in [0.05, 0.1) is 0 Å². The Bertz CT molecular complexity index is 321. The van der Waals surface area contributed by atoms with Gasteiger partial charge in [0.2, 0.25) is 0 Å². The second-order valence-electron chi connectivity index (χ2n) is 2.76. The Balaban J connectivity index is 2.86. The summed E-state index contributed by atoms with van der Waals surface area (Å²) in [4.78, 5) is 13.0. The summed E-state index contributed by atoms with van der Waals surface area (Å²) in [5.74, 6) is -0.0821. The first-order valence-corrected chi connectivity index (χ1v) is 4.37. The van der Waals surface area contributed by atoms with E-state index >= 15 is 0 Å².